The van der Waals surface area contributed by atoms with Crippen molar-refractivity contribution in [1.82, 2.24) is 10.4 Å². The molecule has 1 N–H and O–H groups in total. The molecule has 0 aliphatic heterocycles. The lowest BCUT2D eigenvalue weighted by molar-refractivity contribution is 0.0952. The fourth-order valence-electron chi connectivity index (χ4n) is 2.24. The normalized spacial score (nSPS) is 10.8. The number of benzene rings is 2. The monoisotopic (exact) mass is 305 g/mol. The Labute approximate surface area is 133 Å². The van der Waals surface area contributed by atoms with E-state index in [4.69, 9.17) is 4.74 Å². The van der Waals surface area contributed by atoms with Gasteiger partial charge in [-0.05, 0) is 35.0 Å². The summed E-state index contributed by atoms with van der Waals surface area (Å²) < 4.78 is 5.31. The van der Waals surface area contributed by atoms with Gasteiger partial charge in [0.25, 0.3) is 5.91 Å². The molecule has 0 bridgehead atoms. The Morgan fingerprint density at radius 2 is 1.87 bits per heavy atom. The van der Waals surface area contributed by atoms with E-state index in [9.17, 15) is 4.79 Å². The Bertz CT molecular complexity index is 861. The predicted octanol–water partition coefficient (Wildman–Crippen LogP) is 3.01. The van der Waals surface area contributed by atoms with E-state index in [1.54, 1.807) is 18.3 Å². The minimum absolute atomic E-state index is 0.334. The molecule has 3 aromatic rings. The van der Waals surface area contributed by atoms with Gasteiger partial charge in [0.15, 0.2) is 0 Å². The average Bonchev–Trinajstić information content (AvgIpc) is 2.61. The van der Waals surface area contributed by atoms with Crippen molar-refractivity contribution in [3.63, 3.8) is 0 Å². The number of nitrogens with zero attached hydrogens (tertiary/aromatic N) is 2. The lowest BCUT2D eigenvalue weighted by Crippen LogP contribution is -2.18. The van der Waals surface area contributed by atoms with Crippen LogP contribution in [-0.4, -0.2) is 24.2 Å². The third-order valence-electron chi connectivity index (χ3n) is 3.36. The number of carbonyl (C=O) groups is 1. The molecule has 0 radical (unpaired) electrons. The molecule has 0 spiro atoms. The van der Waals surface area contributed by atoms with Gasteiger partial charge in [-0.1, -0.05) is 30.3 Å². The van der Waals surface area contributed by atoms with Gasteiger partial charge >= 0.3 is 0 Å². The van der Waals surface area contributed by atoms with Gasteiger partial charge in [-0.25, -0.2) is 5.43 Å². The van der Waals surface area contributed by atoms with Crippen LogP contribution in [0.15, 0.2) is 65.9 Å². The van der Waals surface area contributed by atoms with Crippen LogP contribution in [-0.2, 0) is 0 Å². The average molecular weight is 305 g/mol. The Balaban J connectivity index is 1.84. The third kappa shape index (κ3) is 3.35. The van der Waals surface area contributed by atoms with Crippen LogP contribution in [0.2, 0.25) is 0 Å². The summed E-state index contributed by atoms with van der Waals surface area (Å²) in [5.41, 5.74) is 3.60. The first kappa shape index (κ1) is 14.7. The Morgan fingerprint density at radius 3 is 2.57 bits per heavy atom. The predicted molar refractivity (Wildman–Crippen MR) is 89.8 cm³/mol. The van der Waals surface area contributed by atoms with Gasteiger partial charge in [-0.15, -0.1) is 0 Å². The van der Waals surface area contributed by atoms with Crippen molar-refractivity contribution in [2.75, 3.05) is 7.11 Å². The van der Waals surface area contributed by atoms with E-state index < -0.39 is 0 Å². The first-order valence-electron chi connectivity index (χ1n) is 7.09. The molecule has 23 heavy (non-hydrogen) atoms. The van der Waals surface area contributed by atoms with E-state index >= 15 is 0 Å². The summed E-state index contributed by atoms with van der Waals surface area (Å²) >= 11 is 0. The number of ether oxygens (including phenoxy) is 1. The van der Waals surface area contributed by atoms with E-state index in [0.29, 0.717) is 17.0 Å². The Hall–Kier alpha value is -3.21. The van der Waals surface area contributed by atoms with Gasteiger partial charge in [0.2, 0.25) is 0 Å². The number of hydrazone groups is 1. The van der Waals surface area contributed by atoms with Crippen molar-refractivity contribution in [3.05, 3.63) is 72.1 Å². The van der Waals surface area contributed by atoms with Crippen molar-refractivity contribution in [2.24, 2.45) is 5.10 Å². The smallest absolute Gasteiger partial charge is 0.275 e. The van der Waals surface area contributed by atoms with Crippen molar-refractivity contribution in [2.45, 2.75) is 0 Å². The molecule has 0 aliphatic carbocycles. The lowest BCUT2D eigenvalue weighted by atomic mass is 10.1. The molecule has 0 fully saturated rings. The highest BCUT2D eigenvalue weighted by molar-refractivity contribution is 6.01. The number of aromatic nitrogens is 1. The number of nitrogens with one attached hydrogen (secondary N) is 1. The Morgan fingerprint density at radius 1 is 1.13 bits per heavy atom. The molecule has 1 aromatic heterocycles. The fraction of sp³-hybridized carbons (Fsp3) is 0.0556. The van der Waals surface area contributed by atoms with Gasteiger partial charge in [-0.2, -0.15) is 5.10 Å². The van der Waals surface area contributed by atoms with Crippen LogP contribution in [0.1, 0.15) is 16.1 Å². The maximum Gasteiger partial charge on any atom is 0.275 e. The zero-order chi connectivity index (χ0) is 16.1. The SMILES string of the molecule is COc1cc2ccccc2cc1C(=O)N/N=C/c1ccccn1. The summed E-state index contributed by atoms with van der Waals surface area (Å²) in [4.78, 5) is 16.4. The molecule has 0 atom stereocenters. The summed E-state index contributed by atoms with van der Waals surface area (Å²) in [6, 6.07) is 16.9. The second-order valence-corrected chi connectivity index (χ2v) is 4.85. The van der Waals surface area contributed by atoms with Gasteiger partial charge < -0.3 is 4.74 Å². The van der Waals surface area contributed by atoms with Gasteiger partial charge in [0.1, 0.15) is 5.75 Å². The van der Waals surface area contributed by atoms with Crippen LogP contribution in [0.5, 0.6) is 5.75 Å². The lowest BCUT2D eigenvalue weighted by Gasteiger charge is -2.09. The first-order valence-corrected chi connectivity index (χ1v) is 7.09. The zero-order valence-electron chi connectivity index (χ0n) is 12.6. The molecule has 3 rings (SSSR count). The van der Waals surface area contributed by atoms with E-state index in [1.165, 1.54) is 13.3 Å². The third-order valence-corrected chi connectivity index (χ3v) is 3.36. The number of rotatable bonds is 4. The highest BCUT2D eigenvalue weighted by atomic mass is 16.5. The number of amides is 1. The summed E-state index contributed by atoms with van der Waals surface area (Å²) in [6.45, 7) is 0. The Kier molecular flexibility index (Phi) is 4.29. The topological polar surface area (TPSA) is 63.6 Å². The number of fused-ring (bicyclic) bond motifs is 1. The van der Waals surface area contributed by atoms with Gasteiger partial charge in [0, 0.05) is 6.20 Å². The molecule has 0 unspecified atom stereocenters. The van der Waals surface area contributed by atoms with E-state index in [0.717, 1.165) is 10.8 Å². The van der Waals surface area contributed by atoms with Crippen molar-refractivity contribution >= 4 is 22.9 Å². The number of carbonyl (C=O) groups excluding carboxylic acids is 1. The summed E-state index contributed by atoms with van der Waals surface area (Å²) in [6.07, 6.45) is 3.15. The minimum atomic E-state index is -0.334. The second kappa shape index (κ2) is 6.70. The van der Waals surface area contributed by atoms with Crippen molar-refractivity contribution in [1.29, 1.82) is 0 Å². The van der Waals surface area contributed by atoms with Crippen LogP contribution in [0.3, 0.4) is 0 Å². The van der Waals surface area contributed by atoms with Gasteiger partial charge in [0.05, 0.1) is 24.6 Å². The molecule has 5 heteroatoms. The molecule has 114 valence electrons. The number of hydrogen-bond acceptors (Lipinski definition) is 4. The number of methoxy groups -OCH3 is 1. The van der Waals surface area contributed by atoms with E-state index in [2.05, 4.69) is 15.5 Å². The van der Waals surface area contributed by atoms with Crippen LogP contribution >= 0.6 is 0 Å². The number of pyridine rings is 1. The molecule has 0 saturated heterocycles. The maximum absolute atomic E-state index is 12.3. The molecule has 1 heterocycles. The molecule has 0 aliphatic rings. The van der Waals surface area contributed by atoms with E-state index in [1.807, 2.05) is 42.5 Å². The van der Waals surface area contributed by atoms with Crippen LogP contribution in [0, 0.1) is 0 Å². The molecular formula is C18H15N3O2. The summed E-state index contributed by atoms with van der Waals surface area (Å²) in [5, 5.41) is 5.91. The van der Waals surface area contributed by atoms with E-state index in [-0.39, 0.29) is 5.91 Å². The standard InChI is InChI=1S/C18H15N3O2/c1-23-17-11-14-7-3-2-6-13(14)10-16(17)18(22)21-20-12-15-8-4-5-9-19-15/h2-12H,1H3,(H,21,22)/b20-12+. The highest BCUT2D eigenvalue weighted by Crippen LogP contribution is 2.25. The second-order valence-electron chi connectivity index (χ2n) is 4.85. The number of hydrogen-bond donors (Lipinski definition) is 1. The first-order chi connectivity index (χ1) is 11.3. The summed E-state index contributed by atoms with van der Waals surface area (Å²) in [5.74, 6) is 0.175. The molecule has 0 saturated carbocycles. The van der Waals surface area contributed by atoms with Gasteiger partial charge in [-0.3, -0.25) is 9.78 Å². The zero-order valence-corrected chi connectivity index (χ0v) is 12.6. The van der Waals surface area contributed by atoms with Crippen LogP contribution < -0.4 is 10.2 Å². The molecule has 5 nitrogen and oxygen atoms in total. The van der Waals surface area contributed by atoms with Crippen molar-refractivity contribution < 1.29 is 9.53 Å². The summed E-state index contributed by atoms with van der Waals surface area (Å²) in [7, 11) is 1.54. The fourth-order valence-corrected chi connectivity index (χ4v) is 2.24. The molecular weight excluding hydrogens is 290 g/mol. The quantitative estimate of drug-likeness (QED) is 0.595. The molecule has 2 aromatic carbocycles. The van der Waals surface area contributed by atoms with Crippen LogP contribution in [0.25, 0.3) is 10.8 Å². The maximum atomic E-state index is 12.3. The highest BCUT2D eigenvalue weighted by Gasteiger charge is 2.13. The van der Waals surface area contributed by atoms with Crippen molar-refractivity contribution in [3.8, 4) is 5.75 Å². The van der Waals surface area contributed by atoms with Crippen LogP contribution in [0.4, 0.5) is 0 Å². The molecule has 1 amide bonds. The largest absolute Gasteiger partial charge is 0.496 e. The minimum Gasteiger partial charge on any atom is -0.496 e.